The second-order valence-corrected chi connectivity index (χ2v) is 5.97. The maximum absolute atomic E-state index is 3.54. The number of fused-ring (bicyclic) bond motifs is 1. The Morgan fingerprint density at radius 3 is 2.67 bits per heavy atom. The lowest BCUT2D eigenvalue weighted by Gasteiger charge is -2.20. The number of hydrogen-bond donors (Lipinski definition) is 2. The summed E-state index contributed by atoms with van der Waals surface area (Å²) in [6, 6.07) is 6.71. The van der Waals surface area contributed by atoms with Crippen molar-refractivity contribution in [3.05, 3.63) is 35.5 Å². The average Bonchev–Trinajstić information content (AvgIpc) is 2.70. The molecule has 0 saturated carbocycles. The van der Waals surface area contributed by atoms with E-state index in [9.17, 15) is 0 Å². The van der Waals surface area contributed by atoms with Crippen LogP contribution in [0.25, 0.3) is 10.9 Å². The van der Waals surface area contributed by atoms with Crippen LogP contribution in [0, 0.1) is 0 Å². The van der Waals surface area contributed by atoms with Gasteiger partial charge in [-0.15, -0.1) is 0 Å². The molecule has 0 spiro atoms. The van der Waals surface area contributed by atoms with Crippen LogP contribution in [0.3, 0.4) is 0 Å². The normalized spacial score (nSPS) is 12.2. The van der Waals surface area contributed by atoms with Crippen molar-refractivity contribution >= 4 is 10.9 Å². The second kappa shape index (κ2) is 5.15. The quantitative estimate of drug-likeness (QED) is 0.844. The van der Waals surface area contributed by atoms with E-state index in [1.54, 1.807) is 0 Å². The molecule has 2 heteroatoms. The van der Waals surface area contributed by atoms with Crippen LogP contribution < -0.4 is 5.32 Å². The van der Waals surface area contributed by atoms with Crippen molar-refractivity contribution in [1.29, 1.82) is 0 Å². The molecule has 0 aliphatic carbocycles. The summed E-state index contributed by atoms with van der Waals surface area (Å²) < 4.78 is 0. The lowest BCUT2D eigenvalue weighted by Crippen LogP contribution is -2.37. The number of H-pyrrole nitrogens is 1. The Hall–Kier alpha value is -1.28. The van der Waals surface area contributed by atoms with E-state index in [0.717, 1.165) is 19.4 Å². The van der Waals surface area contributed by atoms with Crippen molar-refractivity contribution in [2.45, 2.75) is 46.1 Å². The van der Waals surface area contributed by atoms with Crippen LogP contribution >= 0.6 is 0 Å². The highest BCUT2D eigenvalue weighted by molar-refractivity contribution is 5.83. The highest BCUT2D eigenvalue weighted by Gasteiger charge is 2.09. The number of benzene rings is 1. The predicted molar refractivity (Wildman–Crippen MR) is 79.1 cm³/mol. The van der Waals surface area contributed by atoms with Crippen LogP contribution in [-0.4, -0.2) is 17.1 Å². The minimum Gasteiger partial charge on any atom is -0.361 e. The van der Waals surface area contributed by atoms with E-state index in [1.807, 2.05) is 0 Å². The Bertz CT molecular complexity index is 517. The third-order valence-corrected chi connectivity index (χ3v) is 3.29. The van der Waals surface area contributed by atoms with E-state index in [1.165, 1.54) is 22.0 Å². The first-order chi connectivity index (χ1) is 8.49. The van der Waals surface area contributed by atoms with E-state index >= 15 is 0 Å². The van der Waals surface area contributed by atoms with Gasteiger partial charge in [0, 0.05) is 22.6 Å². The van der Waals surface area contributed by atoms with Gasteiger partial charge < -0.3 is 10.3 Å². The van der Waals surface area contributed by atoms with Crippen molar-refractivity contribution in [3.63, 3.8) is 0 Å². The lowest BCUT2D eigenvalue weighted by molar-refractivity contribution is 0.430. The number of rotatable bonds is 4. The van der Waals surface area contributed by atoms with Crippen molar-refractivity contribution in [2.75, 3.05) is 6.54 Å². The van der Waals surface area contributed by atoms with Gasteiger partial charge in [-0.3, -0.25) is 0 Å². The zero-order valence-electron chi connectivity index (χ0n) is 11.9. The Morgan fingerprint density at radius 2 is 2.00 bits per heavy atom. The molecule has 1 heterocycles. The Balaban J connectivity index is 2.13. The first kappa shape index (κ1) is 13.2. The van der Waals surface area contributed by atoms with Gasteiger partial charge in [0.15, 0.2) is 0 Å². The molecule has 18 heavy (non-hydrogen) atoms. The van der Waals surface area contributed by atoms with Crippen LogP contribution in [0.5, 0.6) is 0 Å². The number of aryl methyl sites for hydroxylation is 1. The Kier molecular flexibility index (Phi) is 3.76. The summed E-state index contributed by atoms with van der Waals surface area (Å²) in [5.74, 6) is 0. The van der Waals surface area contributed by atoms with Gasteiger partial charge in [-0.25, -0.2) is 0 Å². The second-order valence-electron chi connectivity index (χ2n) is 5.97. The molecule has 0 aliphatic rings. The molecule has 0 aliphatic heterocycles. The summed E-state index contributed by atoms with van der Waals surface area (Å²) >= 11 is 0. The fraction of sp³-hybridized carbons (Fsp3) is 0.500. The fourth-order valence-corrected chi connectivity index (χ4v) is 2.22. The van der Waals surface area contributed by atoms with Crippen molar-refractivity contribution in [2.24, 2.45) is 0 Å². The van der Waals surface area contributed by atoms with Crippen molar-refractivity contribution in [1.82, 2.24) is 10.3 Å². The fourth-order valence-electron chi connectivity index (χ4n) is 2.22. The monoisotopic (exact) mass is 244 g/mol. The zero-order chi connectivity index (χ0) is 13.2. The first-order valence-electron chi connectivity index (χ1n) is 6.83. The average molecular weight is 244 g/mol. The molecule has 0 radical (unpaired) electrons. The largest absolute Gasteiger partial charge is 0.361 e. The SMILES string of the molecule is CCc1ccc2[nH]cc(CCNC(C)(C)C)c2c1. The Morgan fingerprint density at radius 1 is 1.22 bits per heavy atom. The summed E-state index contributed by atoms with van der Waals surface area (Å²) in [5, 5.41) is 4.92. The van der Waals surface area contributed by atoms with Gasteiger partial charge in [0.1, 0.15) is 0 Å². The van der Waals surface area contributed by atoms with E-state index in [-0.39, 0.29) is 5.54 Å². The number of nitrogens with one attached hydrogen (secondary N) is 2. The van der Waals surface area contributed by atoms with Crippen LogP contribution in [-0.2, 0) is 12.8 Å². The van der Waals surface area contributed by atoms with E-state index < -0.39 is 0 Å². The van der Waals surface area contributed by atoms with Gasteiger partial charge in [0.25, 0.3) is 0 Å². The molecule has 2 N–H and O–H groups in total. The van der Waals surface area contributed by atoms with Gasteiger partial charge >= 0.3 is 0 Å². The van der Waals surface area contributed by atoms with Gasteiger partial charge in [0.05, 0.1) is 0 Å². The van der Waals surface area contributed by atoms with Gasteiger partial charge in [-0.2, -0.15) is 0 Å². The lowest BCUT2D eigenvalue weighted by atomic mass is 10.0. The molecule has 2 aromatic rings. The smallest absolute Gasteiger partial charge is 0.0456 e. The van der Waals surface area contributed by atoms with Crippen LogP contribution in [0.4, 0.5) is 0 Å². The van der Waals surface area contributed by atoms with Gasteiger partial charge in [0.2, 0.25) is 0 Å². The summed E-state index contributed by atoms with van der Waals surface area (Å²) in [7, 11) is 0. The van der Waals surface area contributed by atoms with Crippen molar-refractivity contribution < 1.29 is 0 Å². The topological polar surface area (TPSA) is 27.8 Å². The molecule has 2 nitrogen and oxygen atoms in total. The maximum atomic E-state index is 3.54. The minimum absolute atomic E-state index is 0.195. The maximum Gasteiger partial charge on any atom is 0.0456 e. The number of aromatic amines is 1. The van der Waals surface area contributed by atoms with Crippen LogP contribution in [0.15, 0.2) is 24.4 Å². The molecule has 0 atom stereocenters. The molecule has 0 fully saturated rings. The van der Waals surface area contributed by atoms with Gasteiger partial charge in [-0.1, -0.05) is 13.0 Å². The molecule has 0 saturated heterocycles. The zero-order valence-corrected chi connectivity index (χ0v) is 11.9. The summed E-state index contributed by atoms with van der Waals surface area (Å²) in [4.78, 5) is 3.36. The molecule has 1 aromatic heterocycles. The highest BCUT2D eigenvalue weighted by atomic mass is 14.9. The number of hydrogen-bond acceptors (Lipinski definition) is 1. The third kappa shape index (κ3) is 3.14. The molecule has 0 bridgehead atoms. The molecule has 0 unspecified atom stereocenters. The molecule has 98 valence electrons. The van der Waals surface area contributed by atoms with E-state index in [4.69, 9.17) is 0 Å². The third-order valence-electron chi connectivity index (χ3n) is 3.29. The summed E-state index contributed by atoms with van der Waals surface area (Å²) in [6.45, 7) is 9.84. The summed E-state index contributed by atoms with van der Waals surface area (Å²) in [6.07, 6.45) is 4.32. The molecule has 1 aromatic carbocycles. The highest BCUT2D eigenvalue weighted by Crippen LogP contribution is 2.20. The molecular formula is C16H24N2. The predicted octanol–water partition coefficient (Wildman–Crippen LogP) is 3.66. The molecular weight excluding hydrogens is 220 g/mol. The molecule has 2 rings (SSSR count). The minimum atomic E-state index is 0.195. The van der Waals surface area contributed by atoms with Gasteiger partial charge in [-0.05, 0) is 63.4 Å². The number of aromatic nitrogens is 1. The van der Waals surface area contributed by atoms with Crippen LogP contribution in [0.1, 0.15) is 38.8 Å². The first-order valence-corrected chi connectivity index (χ1v) is 6.83. The standard InChI is InChI=1S/C16H24N2/c1-5-12-6-7-15-14(10-12)13(11-17-15)8-9-18-16(2,3)4/h6-7,10-11,17-18H,5,8-9H2,1-4H3. The van der Waals surface area contributed by atoms with E-state index in [2.05, 4.69) is 62.4 Å². The molecule has 0 amide bonds. The van der Waals surface area contributed by atoms with E-state index in [0.29, 0.717) is 0 Å². The Labute approximate surface area is 110 Å². The summed E-state index contributed by atoms with van der Waals surface area (Å²) in [5.41, 5.74) is 4.27. The van der Waals surface area contributed by atoms with Crippen LogP contribution in [0.2, 0.25) is 0 Å². The van der Waals surface area contributed by atoms with Crippen molar-refractivity contribution in [3.8, 4) is 0 Å².